The lowest BCUT2D eigenvalue weighted by molar-refractivity contribution is -0.124. The van der Waals surface area contributed by atoms with Gasteiger partial charge in [0.05, 0.1) is 6.54 Å². The number of amides is 2. The zero-order valence-electron chi connectivity index (χ0n) is 11.0. The van der Waals surface area contributed by atoms with E-state index in [9.17, 15) is 9.59 Å². The summed E-state index contributed by atoms with van der Waals surface area (Å²) in [6.07, 6.45) is 0.361. The number of carbonyl (C=O) groups excluding carboxylic acids is 2. The Morgan fingerprint density at radius 3 is 2.68 bits per heavy atom. The molecule has 0 unspecified atom stereocenters. The van der Waals surface area contributed by atoms with Crippen LogP contribution in [0.1, 0.15) is 12.0 Å². The van der Waals surface area contributed by atoms with E-state index in [2.05, 4.69) is 31.9 Å². The molecule has 0 saturated carbocycles. The number of hydrogen-bond donors (Lipinski definition) is 3. The number of halogens is 1. The van der Waals surface area contributed by atoms with Crippen LogP contribution >= 0.6 is 15.9 Å². The van der Waals surface area contributed by atoms with E-state index >= 15 is 0 Å². The number of benzene rings is 1. The van der Waals surface area contributed by atoms with E-state index in [0.29, 0.717) is 13.0 Å². The second-order valence-corrected chi connectivity index (χ2v) is 5.05. The SMILES string of the molecule is CNCCC(=O)NCC(=O)Nc1cc(Br)ccc1C. The maximum atomic E-state index is 11.7. The molecule has 0 aliphatic carbocycles. The number of rotatable bonds is 6. The summed E-state index contributed by atoms with van der Waals surface area (Å²) in [5.74, 6) is -0.380. The Labute approximate surface area is 121 Å². The Balaban J connectivity index is 2.43. The standard InChI is InChI=1S/C13H18BrN3O2/c1-9-3-4-10(14)7-11(9)17-13(19)8-16-12(18)5-6-15-2/h3-4,7,15H,5-6,8H2,1-2H3,(H,16,18)(H,17,19). The molecule has 0 aromatic heterocycles. The fourth-order valence-corrected chi connectivity index (χ4v) is 1.79. The maximum absolute atomic E-state index is 11.7. The molecule has 1 rings (SSSR count). The van der Waals surface area contributed by atoms with E-state index in [4.69, 9.17) is 0 Å². The summed E-state index contributed by atoms with van der Waals surface area (Å²) in [7, 11) is 1.77. The first-order valence-electron chi connectivity index (χ1n) is 6.00. The van der Waals surface area contributed by atoms with Crippen molar-refractivity contribution < 1.29 is 9.59 Å². The van der Waals surface area contributed by atoms with E-state index in [1.807, 2.05) is 25.1 Å². The maximum Gasteiger partial charge on any atom is 0.243 e. The monoisotopic (exact) mass is 327 g/mol. The molecule has 0 atom stereocenters. The van der Waals surface area contributed by atoms with Crippen molar-refractivity contribution in [3.8, 4) is 0 Å². The first-order chi connectivity index (χ1) is 9.02. The highest BCUT2D eigenvalue weighted by Gasteiger charge is 2.07. The number of carbonyl (C=O) groups is 2. The molecule has 19 heavy (non-hydrogen) atoms. The van der Waals surface area contributed by atoms with Gasteiger partial charge in [-0.2, -0.15) is 0 Å². The summed E-state index contributed by atoms with van der Waals surface area (Å²) < 4.78 is 0.895. The molecule has 0 aliphatic heterocycles. The minimum atomic E-state index is -0.237. The molecular weight excluding hydrogens is 310 g/mol. The van der Waals surface area contributed by atoms with Crippen molar-refractivity contribution in [3.05, 3.63) is 28.2 Å². The molecule has 0 spiro atoms. The molecule has 104 valence electrons. The van der Waals surface area contributed by atoms with E-state index in [1.165, 1.54) is 0 Å². The normalized spacial score (nSPS) is 10.1. The van der Waals surface area contributed by atoms with Crippen molar-refractivity contribution in [3.63, 3.8) is 0 Å². The number of hydrogen-bond acceptors (Lipinski definition) is 3. The van der Waals surface area contributed by atoms with Gasteiger partial charge in [-0.1, -0.05) is 22.0 Å². The molecule has 1 aromatic rings. The van der Waals surface area contributed by atoms with Gasteiger partial charge in [-0.05, 0) is 31.7 Å². The van der Waals surface area contributed by atoms with E-state index in [-0.39, 0.29) is 18.4 Å². The quantitative estimate of drug-likeness (QED) is 0.740. The average Bonchev–Trinajstić information content (AvgIpc) is 2.38. The molecule has 1 aromatic carbocycles. The van der Waals surface area contributed by atoms with Crippen LogP contribution in [0.3, 0.4) is 0 Å². The van der Waals surface area contributed by atoms with Crippen molar-refractivity contribution >= 4 is 33.4 Å². The molecular formula is C13H18BrN3O2. The van der Waals surface area contributed by atoms with Crippen molar-refractivity contribution in [2.75, 3.05) is 25.5 Å². The zero-order chi connectivity index (χ0) is 14.3. The van der Waals surface area contributed by atoms with Crippen LogP contribution in [-0.4, -0.2) is 32.0 Å². The first-order valence-corrected chi connectivity index (χ1v) is 6.79. The van der Waals surface area contributed by atoms with Gasteiger partial charge in [-0.3, -0.25) is 9.59 Å². The minimum absolute atomic E-state index is 0.0193. The summed E-state index contributed by atoms with van der Waals surface area (Å²) in [6.45, 7) is 2.49. The topological polar surface area (TPSA) is 70.2 Å². The summed E-state index contributed by atoms with van der Waals surface area (Å²) >= 11 is 3.35. The second-order valence-electron chi connectivity index (χ2n) is 4.14. The Morgan fingerprint density at radius 2 is 2.00 bits per heavy atom. The van der Waals surface area contributed by atoms with Gasteiger partial charge in [0.1, 0.15) is 0 Å². The molecule has 2 amide bonds. The zero-order valence-corrected chi connectivity index (χ0v) is 12.6. The largest absolute Gasteiger partial charge is 0.347 e. The van der Waals surface area contributed by atoms with Gasteiger partial charge in [0.2, 0.25) is 11.8 Å². The van der Waals surface area contributed by atoms with Crippen LogP contribution in [0.15, 0.2) is 22.7 Å². The van der Waals surface area contributed by atoms with Crippen LogP contribution in [0.4, 0.5) is 5.69 Å². The number of nitrogens with one attached hydrogen (secondary N) is 3. The third kappa shape index (κ3) is 5.85. The number of aryl methyl sites for hydroxylation is 1. The van der Waals surface area contributed by atoms with Gasteiger partial charge in [-0.25, -0.2) is 0 Å². The highest BCUT2D eigenvalue weighted by atomic mass is 79.9. The molecule has 0 fully saturated rings. The smallest absolute Gasteiger partial charge is 0.243 e. The van der Waals surface area contributed by atoms with E-state index in [0.717, 1.165) is 15.7 Å². The van der Waals surface area contributed by atoms with Crippen LogP contribution in [0.2, 0.25) is 0 Å². The predicted molar refractivity (Wildman–Crippen MR) is 79.1 cm³/mol. The molecule has 0 saturated heterocycles. The van der Waals surface area contributed by atoms with E-state index < -0.39 is 0 Å². The Morgan fingerprint density at radius 1 is 1.26 bits per heavy atom. The van der Waals surface area contributed by atoms with Gasteiger partial charge < -0.3 is 16.0 Å². The fraction of sp³-hybridized carbons (Fsp3) is 0.385. The van der Waals surface area contributed by atoms with Crippen molar-refractivity contribution in [1.29, 1.82) is 0 Å². The van der Waals surface area contributed by atoms with Crippen LogP contribution in [0, 0.1) is 6.92 Å². The Hall–Kier alpha value is -1.40. The summed E-state index contributed by atoms with van der Waals surface area (Å²) in [5, 5.41) is 8.21. The van der Waals surface area contributed by atoms with Crippen molar-refractivity contribution in [2.45, 2.75) is 13.3 Å². The van der Waals surface area contributed by atoms with Crippen LogP contribution < -0.4 is 16.0 Å². The van der Waals surface area contributed by atoms with Crippen molar-refractivity contribution in [2.24, 2.45) is 0 Å². The van der Waals surface area contributed by atoms with Gasteiger partial charge in [0.15, 0.2) is 0 Å². The van der Waals surface area contributed by atoms with Crippen LogP contribution in [-0.2, 0) is 9.59 Å². The van der Waals surface area contributed by atoms with Gasteiger partial charge in [0.25, 0.3) is 0 Å². The van der Waals surface area contributed by atoms with Gasteiger partial charge >= 0.3 is 0 Å². The Kier molecular flexibility index (Phi) is 6.52. The van der Waals surface area contributed by atoms with Gasteiger partial charge in [0, 0.05) is 23.1 Å². The van der Waals surface area contributed by atoms with Crippen molar-refractivity contribution in [1.82, 2.24) is 10.6 Å². The lowest BCUT2D eigenvalue weighted by Crippen LogP contribution is -2.34. The lowest BCUT2D eigenvalue weighted by Gasteiger charge is -2.09. The summed E-state index contributed by atoms with van der Waals surface area (Å²) in [4.78, 5) is 23.0. The molecule has 3 N–H and O–H groups in total. The third-order valence-corrected chi connectivity index (χ3v) is 3.02. The summed E-state index contributed by atoms with van der Waals surface area (Å²) in [6, 6.07) is 5.64. The highest BCUT2D eigenvalue weighted by molar-refractivity contribution is 9.10. The third-order valence-electron chi connectivity index (χ3n) is 2.52. The first kappa shape index (κ1) is 15.7. The molecule has 0 heterocycles. The average molecular weight is 328 g/mol. The van der Waals surface area contributed by atoms with Gasteiger partial charge in [-0.15, -0.1) is 0 Å². The molecule has 0 radical (unpaired) electrons. The predicted octanol–water partition coefficient (Wildman–Crippen LogP) is 1.42. The van der Waals surface area contributed by atoms with Crippen LogP contribution in [0.5, 0.6) is 0 Å². The molecule has 0 bridgehead atoms. The minimum Gasteiger partial charge on any atom is -0.347 e. The van der Waals surface area contributed by atoms with E-state index in [1.54, 1.807) is 7.05 Å². The molecule has 6 heteroatoms. The lowest BCUT2D eigenvalue weighted by atomic mass is 10.2. The molecule has 5 nitrogen and oxygen atoms in total. The second kappa shape index (κ2) is 7.91. The summed E-state index contributed by atoms with van der Waals surface area (Å²) in [5.41, 5.74) is 1.71. The highest BCUT2D eigenvalue weighted by Crippen LogP contribution is 2.20. The van der Waals surface area contributed by atoms with Crippen LogP contribution in [0.25, 0.3) is 0 Å². The fourth-order valence-electron chi connectivity index (χ4n) is 1.43. The number of anilines is 1. The Bertz CT molecular complexity index is 463. The molecule has 0 aliphatic rings.